The fourth-order valence-electron chi connectivity index (χ4n) is 1.50. The number of ketones is 1. The van der Waals surface area contributed by atoms with Crippen molar-refractivity contribution in [2.24, 2.45) is 0 Å². The van der Waals surface area contributed by atoms with E-state index in [0.29, 0.717) is 12.0 Å². The molecule has 2 aromatic rings. The Bertz CT molecular complexity index is 540. The van der Waals surface area contributed by atoms with Crippen LogP contribution in [0.5, 0.6) is 0 Å². The Hall–Kier alpha value is -1.55. The van der Waals surface area contributed by atoms with Crippen LogP contribution in [-0.4, -0.2) is 15.8 Å². The second kappa shape index (κ2) is 4.98. The Kier molecular flexibility index (Phi) is 3.57. The third-order valence-electron chi connectivity index (χ3n) is 2.62. The summed E-state index contributed by atoms with van der Waals surface area (Å²) in [6.45, 7) is 6.36. The first-order chi connectivity index (χ1) is 8.47. The van der Waals surface area contributed by atoms with Gasteiger partial charge in [0.15, 0.2) is 5.78 Å². The van der Waals surface area contributed by atoms with Crippen LogP contribution in [0.15, 0.2) is 29.9 Å². The summed E-state index contributed by atoms with van der Waals surface area (Å²) in [5, 5.41) is 2.90. The molecule has 0 atom stereocenters. The van der Waals surface area contributed by atoms with Crippen molar-refractivity contribution in [2.45, 2.75) is 32.6 Å². The number of thiazole rings is 1. The Balaban J connectivity index is 2.11. The molecule has 0 bridgehead atoms. The first-order valence-electron chi connectivity index (χ1n) is 5.85. The van der Waals surface area contributed by atoms with Crippen molar-refractivity contribution in [1.82, 2.24) is 9.97 Å². The normalized spacial score (nSPS) is 11.5. The highest BCUT2D eigenvalue weighted by Gasteiger charge is 2.18. The van der Waals surface area contributed by atoms with Gasteiger partial charge in [-0.2, -0.15) is 0 Å². The summed E-state index contributed by atoms with van der Waals surface area (Å²) in [4.78, 5) is 20.5. The maximum absolute atomic E-state index is 12.0. The van der Waals surface area contributed by atoms with E-state index >= 15 is 0 Å². The van der Waals surface area contributed by atoms with Gasteiger partial charge in [-0.05, 0) is 12.1 Å². The van der Waals surface area contributed by atoms with Gasteiger partial charge in [0.2, 0.25) is 0 Å². The van der Waals surface area contributed by atoms with Gasteiger partial charge in [0.05, 0.1) is 12.1 Å². The van der Waals surface area contributed by atoms with Gasteiger partial charge in [-0.3, -0.25) is 9.78 Å². The van der Waals surface area contributed by atoms with Crippen molar-refractivity contribution in [2.75, 3.05) is 0 Å². The number of carbonyl (C=O) groups excluding carboxylic acids is 1. The first-order valence-corrected chi connectivity index (χ1v) is 6.73. The molecule has 0 saturated heterocycles. The van der Waals surface area contributed by atoms with Crippen molar-refractivity contribution in [3.8, 4) is 0 Å². The summed E-state index contributed by atoms with van der Waals surface area (Å²) < 4.78 is 0. The average Bonchev–Trinajstić information content (AvgIpc) is 2.78. The summed E-state index contributed by atoms with van der Waals surface area (Å²) in [7, 11) is 0. The molecule has 3 nitrogen and oxygen atoms in total. The lowest BCUT2D eigenvalue weighted by Gasteiger charge is -2.14. The summed E-state index contributed by atoms with van der Waals surface area (Å²) in [6.07, 6.45) is 3.62. The van der Waals surface area contributed by atoms with E-state index in [0.717, 1.165) is 10.7 Å². The molecule has 2 rings (SSSR count). The van der Waals surface area contributed by atoms with Gasteiger partial charge in [0, 0.05) is 28.8 Å². The van der Waals surface area contributed by atoms with Gasteiger partial charge in [-0.1, -0.05) is 20.8 Å². The lowest BCUT2D eigenvalue weighted by atomic mass is 9.93. The molecule has 2 heterocycles. The van der Waals surface area contributed by atoms with Crippen LogP contribution in [0.2, 0.25) is 0 Å². The molecule has 4 heteroatoms. The van der Waals surface area contributed by atoms with Gasteiger partial charge >= 0.3 is 0 Å². The molecular formula is C14H16N2OS. The predicted molar refractivity (Wildman–Crippen MR) is 73.1 cm³/mol. The van der Waals surface area contributed by atoms with Crippen LogP contribution in [0, 0.1) is 0 Å². The minimum atomic E-state index is 0.0338. The lowest BCUT2D eigenvalue weighted by Crippen LogP contribution is -2.12. The Labute approximate surface area is 111 Å². The number of pyridine rings is 1. The minimum Gasteiger partial charge on any atom is -0.294 e. The molecule has 0 fully saturated rings. The van der Waals surface area contributed by atoms with E-state index in [-0.39, 0.29) is 11.2 Å². The van der Waals surface area contributed by atoms with E-state index in [1.807, 2.05) is 5.38 Å². The van der Waals surface area contributed by atoms with Crippen molar-refractivity contribution in [3.05, 3.63) is 46.2 Å². The average molecular weight is 260 g/mol. The Morgan fingerprint density at radius 2 is 2.17 bits per heavy atom. The van der Waals surface area contributed by atoms with E-state index < -0.39 is 0 Å². The topological polar surface area (TPSA) is 42.9 Å². The van der Waals surface area contributed by atoms with E-state index in [1.54, 1.807) is 35.9 Å². The molecule has 2 aromatic heterocycles. The first kappa shape index (κ1) is 12.9. The number of carbonyl (C=O) groups is 1. The zero-order valence-electron chi connectivity index (χ0n) is 10.8. The standard InChI is InChI=1S/C14H16N2OS/c1-14(2,3)12-9-18-13(16-12)7-11(17)10-5-4-6-15-8-10/h4-6,8-9H,7H2,1-3H3. The molecule has 0 radical (unpaired) electrons. The highest BCUT2D eigenvalue weighted by molar-refractivity contribution is 7.09. The van der Waals surface area contributed by atoms with Crippen LogP contribution in [0.4, 0.5) is 0 Å². The molecular weight excluding hydrogens is 244 g/mol. The molecule has 0 aliphatic rings. The number of Topliss-reactive ketones (excluding diaryl/α,β-unsaturated/α-hetero) is 1. The Morgan fingerprint density at radius 3 is 2.72 bits per heavy atom. The number of hydrogen-bond donors (Lipinski definition) is 0. The van der Waals surface area contributed by atoms with Crippen LogP contribution in [-0.2, 0) is 11.8 Å². The summed E-state index contributed by atoms with van der Waals surface area (Å²) in [5.41, 5.74) is 1.72. The van der Waals surface area contributed by atoms with Crippen LogP contribution < -0.4 is 0 Å². The summed E-state index contributed by atoms with van der Waals surface area (Å²) in [6, 6.07) is 3.56. The SMILES string of the molecule is CC(C)(C)c1csc(CC(=O)c2cccnc2)n1. The smallest absolute Gasteiger partial charge is 0.171 e. The van der Waals surface area contributed by atoms with Gasteiger partial charge < -0.3 is 0 Å². The molecule has 0 unspecified atom stereocenters. The van der Waals surface area contributed by atoms with E-state index in [1.165, 1.54) is 0 Å². The molecule has 0 spiro atoms. The van der Waals surface area contributed by atoms with Crippen molar-refractivity contribution in [3.63, 3.8) is 0 Å². The molecule has 0 aliphatic heterocycles. The van der Waals surface area contributed by atoms with E-state index in [9.17, 15) is 4.79 Å². The van der Waals surface area contributed by atoms with Crippen molar-refractivity contribution in [1.29, 1.82) is 0 Å². The van der Waals surface area contributed by atoms with Crippen molar-refractivity contribution >= 4 is 17.1 Å². The highest BCUT2D eigenvalue weighted by Crippen LogP contribution is 2.24. The molecule has 0 N–H and O–H groups in total. The molecule has 94 valence electrons. The van der Waals surface area contributed by atoms with Gasteiger partial charge in [-0.15, -0.1) is 11.3 Å². The maximum Gasteiger partial charge on any atom is 0.171 e. The zero-order valence-corrected chi connectivity index (χ0v) is 11.6. The minimum absolute atomic E-state index is 0.0338. The largest absolute Gasteiger partial charge is 0.294 e. The molecule has 18 heavy (non-hydrogen) atoms. The fourth-order valence-corrected chi connectivity index (χ4v) is 2.52. The van der Waals surface area contributed by atoms with Crippen LogP contribution in [0.1, 0.15) is 41.8 Å². The lowest BCUT2D eigenvalue weighted by molar-refractivity contribution is 0.0992. The van der Waals surface area contributed by atoms with Crippen LogP contribution >= 0.6 is 11.3 Å². The number of rotatable bonds is 3. The number of hydrogen-bond acceptors (Lipinski definition) is 4. The molecule has 0 aliphatic carbocycles. The number of nitrogens with zero attached hydrogens (tertiary/aromatic N) is 2. The second-order valence-corrected chi connectivity index (χ2v) is 6.16. The fraction of sp³-hybridized carbons (Fsp3) is 0.357. The van der Waals surface area contributed by atoms with Gasteiger partial charge in [0.1, 0.15) is 5.01 Å². The maximum atomic E-state index is 12.0. The summed E-state index contributed by atoms with van der Waals surface area (Å²) >= 11 is 1.55. The van der Waals surface area contributed by atoms with E-state index in [2.05, 4.69) is 30.7 Å². The van der Waals surface area contributed by atoms with Crippen molar-refractivity contribution < 1.29 is 4.79 Å². The second-order valence-electron chi connectivity index (χ2n) is 5.22. The highest BCUT2D eigenvalue weighted by atomic mass is 32.1. The summed E-state index contributed by atoms with van der Waals surface area (Å²) in [5.74, 6) is 0.0675. The third kappa shape index (κ3) is 3.01. The molecule has 0 aromatic carbocycles. The van der Waals surface area contributed by atoms with Crippen LogP contribution in [0.25, 0.3) is 0 Å². The molecule has 0 saturated carbocycles. The third-order valence-corrected chi connectivity index (χ3v) is 3.46. The number of aromatic nitrogens is 2. The Morgan fingerprint density at radius 1 is 1.39 bits per heavy atom. The quantitative estimate of drug-likeness (QED) is 0.795. The van der Waals surface area contributed by atoms with E-state index in [4.69, 9.17) is 0 Å². The van der Waals surface area contributed by atoms with Crippen LogP contribution in [0.3, 0.4) is 0 Å². The monoisotopic (exact) mass is 260 g/mol. The van der Waals surface area contributed by atoms with Gasteiger partial charge in [0.25, 0.3) is 0 Å². The zero-order chi connectivity index (χ0) is 13.2. The van der Waals surface area contributed by atoms with Gasteiger partial charge in [-0.25, -0.2) is 4.98 Å². The molecule has 0 amide bonds. The predicted octanol–water partition coefficient (Wildman–Crippen LogP) is 3.26.